The van der Waals surface area contributed by atoms with Gasteiger partial charge in [-0.3, -0.25) is 9.69 Å². The molecule has 0 saturated carbocycles. The number of benzene rings is 1. The predicted octanol–water partition coefficient (Wildman–Crippen LogP) is 2.88. The van der Waals surface area contributed by atoms with Gasteiger partial charge in [0.2, 0.25) is 5.91 Å². The minimum absolute atomic E-state index is 0.00617. The fourth-order valence-corrected chi connectivity index (χ4v) is 2.80. The van der Waals surface area contributed by atoms with Crippen molar-refractivity contribution in [2.24, 2.45) is 0 Å². The number of hydrogen-bond donors (Lipinski definition) is 1. The fraction of sp³-hybridized carbons (Fsp3) is 0.312. The molecule has 5 heteroatoms. The normalized spacial score (nSPS) is 10.7. The van der Waals surface area contributed by atoms with Crippen LogP contribution < -0.4 is 10.2 Å². The summed E-state index contributed by atoms with van der Waals surface area (Å²) in [5.41, 5.74) is 1.94. The molecule has 2 rings (SSSR count). The maximum Gasteiger partial charge on any atom is 0.238 e. The van der Waals surface area contributed by atoms with E-state index in [1.807, 2.05) is 61.3 Å². The van der Waals surface area contributed by atoms with Crippen molar-refractivity contribution in [2.45, 2.75) is 6.54 Å². The summed E-state index contributed by atoms with van der Waals surface area (Å²) in [4.78, 5) is 17.3. The zero-order valence-electron chi connectivity index (χ0n) is 12.7. The quantitative estimate of drug-likeness (QED) is 0.891. The average molecular weight is 303 g/mol. The van der Waals surface area contributed by atoms with Gasteiger partial charge in [0.05, 0.1) is 6.54 Å². The zero-order valence-corrected chi connectivity index (χ0v) is 13.5. The van der Waals surface area contributed by atoms with Crippen LogP contribution >= 0.6 is 11.3 Å². The molecule has 0 aliphatic rings. The molecule has 0 saturated heterocycles. The average Bonchev–Trinajstić information content (AvgIpc) is 2.91. The van der Waals surface area contributed by atoms with Crippen molar-refractivity contribution in [2.75, 3.05) is 37.9 Å². The van der Waals surface area contributed by atoms with Crippen molar-refractivity contribution in [3.63, 3.8) is 0 Å². The lowest BCUT2D eigenvalue weighted by Crippen LogP contribution is -2.29. The number of amides is 1. The van der Waals surface area contributed by atoms with Gasteiger partial charge < -0.3 is 10.2 Å². The van der Waals surface area contributed by atoms with Gasteiger partial charge in [0.25, 0.3) is 0 Å². The lowest BCUT2D eigenvalue weighted by atomic mass is 10.2. The zero-order chi connectivity index (χ0) is 15.2. The monoisotopic (exact) mass is 303 g/mol. The second-order valence-electron chi connectivity index (χ2n) is 5.24. The van der Waals surface area contributed by atoms with Crippen molar-refractivity contribution in [3.8, 4) is 0 Å². The molecule has 1 amide bonds. The molecular weight excluding hydrogens is 282 g/mol. The van der Waals surface area contributed by atoms with E-state index in [9.17, 15) is 4.79 Å². The number of carbonyl (C=O) groups is 1. The van der Waals surface area contributed by atoms with E-state index in [-0.39, 0.29) is 5.91 Å². The van der Waals surface area contributed by atoms with Crippen LogP contribution in [0.5, 0.6) is 0 Å². The minimum Gasteiger partial charge on any atom is -0.378 e. The highest BCUT2D eigenvalue weighted by molar-refractivity contribution is 7.09. The summed E-state index contributed by atoms with van der Waals surface area (Å²) in [6.07, 6.45) is 0. The maximum atomic E-state index is 12.0. The topological polar surface area (TPSA) is 35.6 Å². The van der Waals surface area contributed by atoms with Gasteiger partial charge in [0.15, 0.2) is 0 Å². The standard InChI is InChI=1S/C16H21N3OS/c1-18(2)14-8-6-13(7-9-14)17-16(20)12-19(3)11-15-5-4-10-21-15/h4-10H,11-12H2,1-3H3,(H,17,20). The summed E-state index contributed by atoms with van der Waals surface area (Å²) in [5, 5.41) is 4.97. The van der Waals surface area contributed by atoms with Crippen LogP contribution in [0.4, 0.5) is 11.4 Å². The Kier molecular flexibility index (Phi) is 5.36. The molecule has 2 aromatic rings. The van der Waals surface area contributed by atoms with Gasteiger partial charge in [0, 0.05) is 36.9 Å². The number of thiophene rings is 1. The molecule has 0 unspecified atom stereocenters. The summed E-state index contributed by atoms with van der Waals surface area (Å²) in [7, 11) is 5.94. The van der Waals surface area contributed by atoms with Gasteiger partial charge in [-0.05, 0) is 42.8 Å². The van der Waals surface area contributed by atoms with Gasteiger partial charge in [0.1, 0.15) is 0 Å². The molecule has 1 aromatic heterocycles. The van der Waals surface area contributed by atoms with Crippen LogP contribution in [0.15, 0.2) is 41.8 Å². The third kappa shape index (κ3) is 4.88. The smallest absolute Gasteiger partial charge is 0.238 e. The van der Waals surface area contributed by atoms with Crippen LogP contribution in [-0.4, -0.2) is 38.5 Å². The van der Waals surface area contributed by atoms with Crippen molar-refractivity contribution >= 4 is 28.6 Å². The Morgan fingerprint density at radius 1 is 1.14 bits per heavy atom. The summed E-state index contributed by atoms with van der Waals surface area (Å²) in [6, 6.07) is 11.9. The SMILES string of the molecule is CN(CC(=O)Nc1ccc(N(C)C)cc1)Cc1cccs1. The molecule has 0 aliphatic carbocycles. The van der Waals surface area contributed by atoms with Crippen molar-refractivity contribution in [1.29, 1.82) is 0 Å². The van der Waals surface area contributed by atoms with Crippen molar-refractivity contribution in [1.82, 2.24) is 4.90 Å². The second-order valence-corrected chi connectivity index (χ2v) is 6.27. The number of carbonyl (C=O) groups excluding carboxylic acids is 1. The molecule has 112 valence electrons. The Morgan fingerprint density at radius 2 is 1.86 bits per heavy atom. The van der Waals surface area contributed by atoms with E-state index in [4.69, 9.17) is 0 Å². The van der Waals surface area contributed by atoms with Gasteiger partial charge >= 0.3 is 0 Å². The lowest BCUT2D eigenvalue weighted by molar-refractivity contribution is -0.117. The van der Waals surface area contributed by atoms with Crippen molar-refractivity contribution < 1.29 is 4.79 Å². The Morgan fingerprint density at radius 3 is 2.43 bits per heavy atom. The number of likely N-dealkylation sites (N-methyl/N-ethyl adjacent to an activating group) is 1. The van der Waals surface area contributed by atoms with Gasteiger partial charge in [-0.2, -0.15) is 0 Å². The Hall–Kier alpha value is -1.85. The molecule has 0 bridgehead atoms. The predicted molar refractivity (Wildman–Crippen MR) is 90.1 cm³/mol. The van der Waals surface area contributed by atoms with E-state index in [2.05, 4.69) is 16.8 Å². The fourth-order valence-electron chi connectivity index (χ4n) is 2.01. The first-order chi connectivity index (χ1) is 10.0. The third-order valence-corrected chi connectivity index (χ3v) is 3.95. The summed E-state index contributed by atoms with van der Waals surface area (Å²) in [5.74, 6) is 0.00617. The van der Waals surface area contributed by atoms with E-state index in [0.717, 1.165) is 17.9 Å². The van der Waals surface area contributed by atoms with Gasteiger partial charge in [-0.1, -0.05) is 6.07 Å². The van der Waals surface area contributed by atoms with Gasteiger partial charge in [-0.25, -0.2) is 0 Å². The first-order valence-corrected chi connectivity index (χ1v) is 7.71. The van der Waals surface area contributed by atoms with Crippen LogP contribution in [0.25, 0.3) is 0 Å². The molecule has 0 radical (unpaired) electrons. The Labute approximate surface area is 130 Å². The largest absolute Gasteiger partial charge is 0.378 e. The molecule has 0 spiro atoms. The molecule has 1 aromatic carbocycles. The van der Waals surface area contributed by atoms with E-state index in [1.165, 1.54) is 4.88 Å². The number of rotatable bonds is 6. The molecule has 0 aliphatic heterocycles. The molecular formula is C16H21N3OS. The van der Waals surface area contributed by atoms with Crippen LogP contribution in [0.1, 0.15) is 4.88 Å². The highest BCUT2D eigenvalue weighted by Crippen LogP contribution is 2.16. The summed E-state index contributed by atoms with van der Waals surface area (Å²) in [6.45, 7) is 1.18. The van der Waals surface area contributed by atoms with E-state index >= 15 is 0 Å². The number of hydrogen-bond acceptors (Lipinski definition) is 4. The molecule has 1 N–H and O–H groups in total. The third-order valence-electron chi connectivity index (χ3n) is 3.09. The van der Waals surface area contributed by atoms with E-state index in [0.29, 0.717) is 6.54 Å². The minimum atomic E-state index is 0.00617. The number of nitrogens with one attached hydrogen (secondary N) is 1. The molecule has 0 atom stereocenters. The number of anilines is 2. The van der Waals surface area contributed by atoms with Crippen LogP contribution in [0.3, 0.4) is 0 Å². The maximum absolute atomic E-state index is 12.0. The summed E-state index contributed by atoms with van der Waals surface area (Å²) < 4.78 is 0. The highest BCUT2D eigenvalue weighted by Gasteiger charge is 2.08. The number of nitrogens with zero attached hydrogens (tertiary/aromatic N) is 2. The first kappa shape index (κ1) is 15.5. The first-order valence-electron chi connectivity index (χ1n) is 6.83. The Bertz CT molecular complexity index is 564. The second kappa shape index (κ2) is 7.24. The van der Waals surface area contributed by atoms with Crippen LogP contribution in [-0.2, 0) is 11.3 Å². The Balaban J connectivity index is 1.83. The van der Waals surface area contributed by atoms with Crippen LogP contribution in [0.2, 0.25) is 0 Å². The van der Waals surface area contributed by atoms with Crippen molar-refractivity contribution in [3.05, 3.63) is 46.7 Å². The van der Waals surface area contributed by atoms with Crippen LogP contribution in [0, 0.1) is 0 Å². The molecule has 1 heterocycles. The molecule has 4 nitrogen and oxygen atoms in total. The van der Waals surface area contributed by atoms with E-state index < -0.39 is 0 Å². The van der Waals surface area contributed by atoms with E-state index in [1.54, 1.807) is 11.3 Å². The molecule has 21 heavy (non-hydrogen) atoms. The summed E-state index contributed by atoms with van der Waals surface area (Å²) >= 11 is 1.71. The lowest BCUT2D eigenvalue weighted by Gasteiger charge is -2.16. The molecule has 0 fully saturated rings. The van der Waals surface area contributed by atoms with Gasteiger partial charge in [-0.15, -0.1) is 11.3 Å². The highest BCUT2D eigenvalue weighted by atomic mass is 32.1.